The maximum absolute atomic E-state index is 13.5. The fraction of sp³-hybridized carbons (Fsp3) is 0.130. The van der Waals surface area contributed by atoms with Crippen LogP contribution in [0.25, 0.3) is 0 Å². The molecular weight excluding hydrogens is 404 g/mol. The number of hydrogen-bond acceptors (Lipinski definition) is 5. The molecule has 3 aromatic carbocycles. The number of aliphatic imine (C=N–C) groups is 1. The number of rotatable bonds is 5. The fourth-order valence-corrected chi connectivity index (χ4v) is 3.19. The molecule has 1 heterocycles. The number of hydrogen-bond donors (Lipinski definition) is 1. The summed E-state index contributed by atoms with van der Waals surface area (Å²) >= 11 is 0. The summed E-state index contributed by atoms with van der Waals surface area (Å²) in [6.07, 6.45) is 0. The number of methoxy groups -OCH3 is 1. The number of hydrazine groups is 1. The van der Waals surface area contributed by atoms with E-state index in [9.17, 15) is 13.6 Å². The highest BCUT2D eigenvalue weighted by Crippen LogP contribution is 2.35. The van der Waals surface area contributed by atoms with Crippen LogP contribution in [0.5, 0.6) is 11.5 Å². The van der Waals surface area contributed by atoms with Crippen LogP contribution in [0.3, 0.4) is 0 Å². The van der Waals surface area contributed by atoms with E-state index in [1.54, 1.807) is 37.3 Å². The van der Waals surface area contributed by atoms with Crippen LogP contribution in [-0.2, 0) is 15.1 Å². The number of amidine groups is 1. The molecule has 8 heteroatoms. The molecule has 0 radical (unpaired) electrons. The van der Waals surface area contributed by atoms with Gasteiger partial charge in [0.25, 0.3) is 5.91 Å². The SMILES string of the molecule is COC1=NC(C)(c2ccc(Oc3ccc(F)cc3)cc2)C(=O)N1Nc1cccc(F)c1. The number of ether oxygens (including phenoxy) is 2. The van der Waals surface area contributed by atoms with Crippen molar-refractivity contribution in [2.45, 2.75) is 12.5 Å². The van der Waals surface area contributed by atoms with Crippen molar-refractivity contribution in [2.24, 2.45) is 4.99 Å². The number of anilines is 1. The third-order valence-corrected chi connectivity index (χ3v) is 4.84. The molecule has 1 aliphatic rings. The first kappa shape index (κ1) is 20.3. The maximum atomic E-state index is 13.5. The van der Waals surface area contributed by atoms with Crippen molar-refractivity contribution in [1.29, 1.82) is 0 Å². The lowest BCUT2D eigenvalue weighted by Crippen LogP contribution is -2.43. The Bertz CT molecular complexity index is 1130. The molecule has 1 amide bonds. The van der Waals surface area contributed by atoms with Crippen LogP contribution < -0.4 is 10.2 Å². The van der Waals surface area contributed by atoms with Gasteiger partial charge in [0.15, 0.2) is 5.54 Å². The molecule has 0 aromatic heterocycles. The zero-order valence-corrected chi connectivity index (χ0v) is 16.8. The van der Waals surface area contributed by atoms with Crippen LogP contribution in [0.2, 0.25) is 0 Å². The highest BCUT2D eigenvalue weighted by molar-refractivity contribution is 6.06. The minimum Gasteiger partial charge on any atom is -0.467 e. The van der Waals surface area contributed by atoms with Crippen molar-refractivity contribution in [3.05, 3.63) is 90.0 Å². The Morgan fingerprint density at radius 2 is 1.58 bits per heavy atom. The van der Waals surface area contributed by atoms with Crippen LogP contribution in [0.4, 0.5) is 14.5 Å². The molecule has 158 valence electrons. The van der Waals surface area contributed by atoms with Gasteiger partial charge in [0.1, 0.15) is 23.1 Å². The molecule has 0 fully saturated rings. The van der Waals surface area contributed by atoms with Gasteiger partial charge in [-0.3, -0.25) is 10.2 Å². The van der Waals surface area contributed by atoms with Crippen molar-refractivity contribution in [1.82, 2.24) is 5.01 Å². The zero-order valence-electron chi connectivity index (χ0n) is 16.8. The number of carbonyl (C=O) groups is 1. The van der Waals surface area contributed by atoms with Crippen molar-refractivity contribution < 1.29 is 23.0 Å². The minimum absolute atomic E-state index is 0.0587. The zero-order chi connectivity index (χ0) is 22.0. The highest BCUT2D eigenvalue weighted by atomic mass is 19.1. The first-order chi connectivity index (χ1) is 14.9. The summed E-state index contributed by atoms with van der Waals surface area (Å²) in [6.45, 7) is 1.66. The van der Waals surface area contributed by atoms with E-state index in [4.69, 9.17) is 9.47 Å². The number of nitrogens with one attached hydrogen (secondary N) is 1. The lowest BCUT2D eigenvalue weighted by molar-refractivity contribution is -0.130. The standard InChI is InChI=1S/C23H19F2N3O3/c1-23(15-6-10-19(11-7-15)31-20-12-8-16(24)9-13-20)21(29)28(22(26-23)30-2)27-18-5-3-4-17(25)14-18/h3-14,27H,1-2H3. The van der Waals surface area contributed by atoms with Gasteiger partial charge < -0.3 is 9.47 Å². The lowest BCUT2D eigenvalue weighted by Gasteiger charge is -2.23. The fourth-order valence-electron chi connectivity index (χ4n) is 3.19. The molecule has 1 aliphatic heterocycles. The van der Waals surface area contributed by atoms with Gasteiger partial charge in [-0.2, -0.15) is 5.01 Å². The van der Waals surface area contributed by atoms with Gasteiger partial charge in [-0.15, -0.1) is 0 Å². The van der Waals surface area contributed by atoms with E-state index >= 15 is 0 Å². The average molecular weight is 423 g/mol. The first-order valence-electron chi connectivity index (χ1n) is 9.43. The Balaban J connectivity index is 1.55. The van der Waals surface area contributed by atoms with Crippen LogP contribution >= 0.6 is 0 Å². The van der Waals surface area contributed by atoms with E-state index in [1.807, 2.05) is 0 Å². The lowest BCUT2D eigenvalue weighted by atomic mass is 9.92. The van der Waals surface area contributed by atoms with E-state index in [1.165, 1.54) is 49.6 Å². The number of nitrogens with zero attached hydrogens (tertiary/aromatic N) is 2. The number of benzene rings is 3. The third-order valence-electron chi connectivity index (χ3n) is 4.84. The normalized spacial score (nSPS) is 18.0. The molecule has 4 rings (SSSR count). The van der Waals surface area contributed by atoms with Crippen molar-refractivity contribution in [3.63, 3.8) is 0 Å². The minimum atomic E-state index is -1.25. The Kier molecular flexibility index (Phi) is 5.29. The largest absolute Gasteiger partial charge is 0.467 e. The Morgan fingerprint density at radius 3 is 2.19 bits per heavy atom. The summed E-state index contributed by atoms with van der Waals surface area (Å²) in [4.78, 5) is 17.6. The predicted molar refractivity (Wildman–Crippen MR) is 112 cm³/mol. The molecular formula is C23H19F2N3O3. The summed E-state index contributed by atoms with van der Waals surface area (Å²) in [5.41, 5.74) is 2.58. The Labute approximate surface area is 177 Å². The van der Waals surface area contributed by atoms with Crippen LogP contribution in [-0.4, -0.2) is 24.0 Å². The number of halogens is 2. The predicted octanol–water partition coefficient (Wildman–Crippen LogP) is 4.84. The van der Waals surface area contributed by atoms with E-state index in [2.05, 4.69) is 10.4 Å². The Hall–Kier alpha value is -3.94. The van der Waals surface area contributed by atoms with Gasteiger partial charge >= 0.3 is 6.02 Å². The number of carbonyl (C=O) groups excluding carboxylic acids is 1. The quantitative estimate of drug-likeness (QED) is 0.638. The van der Waals surface area contributed by atoms with Gasteiger partial charge in [-0.1, -0.05) is 18.2 Å². The monoisotopic (exact) mass is 423 g/mol. The molecule has 1 N–H and O–H groups in total. The van der Waals surface area contributed by atoms with Gasteiger partial charge in [0.05, 0.1) is 12.8 Å². The number of amides is 1. The van der Waals surface area contributed by atoms with E-state index in [0.29, 0.717) is 22.7 Å². The third kappa shape index (κ3) is 4.05. The van der Waals surface area contributed by atoms with E-state index in [-0.39, 0.29) is 17.7 Å². The summed E-state index contributed by atoms with van der Waals surface area (Å²) < 4.78 is 37.5. The van der Waals surface area contributed by atoms with Crippen LogP contribution in [0.1, 0.15) is 12.5 Å². The molecule has 0 bridgehead atoms. The maximum Gasteiger partial charge on any atom is 0.315 e. The molecule has 31 heavy (non-hydrogen) atoms. The summed E-state index contributed by atoms with van der Waals surface area (Å²) in [6, 6.07) is 18.3. The van der Waals surface area contributed by atoms with Gasteiger partial charge in [-0.25, -0.2) is 13.8 Å². The molecule has 6 nitrogen and oxygen atoms in total. The molecule has 3 aromatic rings. The second kappa shape index (κ2) is 8.06. The topological polar surface area (TPSA) is 63.2 Å². The van der Waals surface area contributed by atoms with E-state index in [0.717, 1.165) is 5.01 Å². The highest BCUT2D eigenvalue weighted by Gasteiger charge is 2.47. The Morgan fingerprint density at radius 1 is 0.935 bits per heavy atom. The smallest absolute Gasteiger partial charge is 0.315 e. The molecule has 0 saturated carbocycles. The molecule has 0 spiro atoms. The van der Waals surface area contributed by atoms with Crippen LogP contribution in [0.15, 0.2) is 77.8 Å². The summed E-state index contributed by atoms with van der Waals surface area (Å²) in [5.74, 6) is -0.163. The molecule has 0 saturated heterocycles. The van der Waals surface area contributed by atoms with Gasteiger partial charge in [0.2, 0.25) is 0 Å². The average Bonchev–Trinajstić information content (AvgIpc) is 3.01. The van der Waals surface area contributed by atoms with Crippen molar-refractivity contribution in [2.75, 3.05) is 12.5 Å². The first-order valence-corrected chi connectivity index (χ1v) is 9.43. The van der Waals surface area contributed by atoms with Gasteiger partial charge in [-0.05, 0) is 67.1 Å². The second-order valence-electron chi connectivity index (χ2n) is 7.01. The molecule has 1 atom stereocenters. The molecule has 1 unspecified atom stereocenters. The summed E-state index contributed by atoms with van der Waals surface area (Å²) in [5, 5.41) is 1.15. The van der Waals surface area contributed by atoms with Crippen molar-refractivity contribution in [3.8, 4) is 11.5 Å². The van der Waals surface area contributed by atoms with Gasteiger partial charge in [0, 0.05) is 0 Å². The van der Waals surface area contributed by atoms with Crippen LogP contribution in [0, 0.1) is 11.6 Å². The van der Waals surface area contributed by atoms with Crippen molar-refractivity contribution >= 4 is 17.6 Å². The summed E-state index contributed by atoms with van der Waals surface area (Å²) in [7, 11) is 1.40. The second-order valence-corrected chi connectivity index (χ2v) is 7.01. The van der Waals surface area contributed by atoms with E-state index < -0.39 is 11.4 Å². The molecule has 0 aliphatic carbocycles.